The van der Waals surface area contributed by atoms with Gasteiger partial charge in [0.2, 0.25) is 0 Å². The lowest BCUT2D eigenvalue weighted by Crippen LogP contribution is -2.04. The number of hydrogen-bond acceptors (Lipinski definition) is 4. The lowest BCUT2D eigenvalue weighted by atomic mass is 10.0. The maximum atomic E-state index is 6.44. The van der Waals surface area contributed by atoms with Crippen LogP contribution in [0.5, 0.6) is 0 Å². The number of hydrogen-bond donors (Lipinski definition) is 1. The number of benzene rings is 4. The van der Waals surface area contributed by atoms with Gasteiger partial charge in [-0.1, -0.05) is 145 Å². The van der Waals surface area contributed by atoms with Crippen LogP contribution in [0.15, 0.2) is 163 Å². The van der Waals surface area contributed by atoms with E-state index in [1.807, 2.05) is 103 Å². The lowest BCUT2D eigenvalue weighted by Gasteiger charge is -2.10. The second kappa shape index (κ2) is 13.3. The van der Waals surface area contributed by atoms with Crippen molar-refractivity contribution in [3.8, 4) is 22.3 Å². The number of rotatable bonds is 5. The highest BCUT2D eigenvalue weighted by atomic mass is 35.5. The number of aliphatic imine (C=N–C) groups is 1. The van der Waals surface area contributed by atoms with E-state index in [0.29, 0.717) is 15.9 Å². The Kier molecular flexibility index (Phi) is 8.52. The van der Waals surface area contributed by atoms with Gasteiger partial charge in [-0.15, -0.1) is 0 Å². The Balaban J connectivity index is 0.000000174. The highest BCUT2D eigenvalue weighted by Gasteiger charge is 2.13. The molecule has 8 heteroatoms. The summed E-state index contributed by atoms with van der Waals surface area (Å²) in [5.41, 5.74) is 14.9. The van der Waals surface area contributed by atoms with Crippen molar-refractivity contribution in [1.82, 2.24) is 19.2 Å². The summed E-state index contributed by atoms with van der Waals surface area (Å²) in [6, 6.07) is 48.6. The van der Waals surface area contributed by atoms with Gasteiger partial charge in [0.25, 0.3) is 0 Å². The van der Waals surface area contributed by atoms with Gasteiger partial charge in [0.1, 0.15) is 5.82 Å². The van der Waals surface area contributed by atoms with Crippen LogP contribution in [-0.2, 0) is 0 Å². The highest BCUT2D eigenvalue weighted by Crippen LogP contribution is 2.31. The van der Waals surface area contributed by atoms with Crippen molar-refractivity contribution in [3.05, 3.63) is 179 Å². The van der Waals surface area contributed by atoms with Gasteiger partial charge in [-0.05, 0) is 46.5 Å². The molecular formula is C39H28Cl2N6. The predicted molar refractivity (Wildman–Crippen MR) is 194 cm³/mol. The number of aromatic nitrogens is 4. The Morgan fingerprint density at radius 2 is 0.936 bits per heavy atom. The third-order valence-electron chi connectivity index (χ3n) is 7.69. The molecule has 0 aliphatic heterocycles. The standard InChI is InChI=1S/C26H18ClN3.C13H10ClN3/c27-23-18-28-30-24(23)16-22(19-10-4-1-5-11-19)17-25(30)29-26(20-12-6-2-7-13-20)21-14-8-3-9-15-21;14-11-8-16-17-12(11)6-10(7-13(17)15)9-4-2-1-3-5-9/h1-18H;1-8H,15H2. The number of anilines is 1. The molecule has 6 nitrogen and oxygen atoms in total. The molecule has 0 aliphatic carbocycles. The van der Waals surface area contributed by atoms with Crippen molar-refractivity contribution in [1.29, 1.82) is 0 Å². The minimum atomic E-state index is 0.577. The van der Waals surface area contributed by atoms with E-state index in [2.05, 4.69) is 52.7 Å². The normalized spacial score (nSPS) is 10.9. The van der Waals surface area contributed by atoms with E-state index in [-0.39, 0.29) is 0 Å². The van der Waals surface area contributed by atoms with Crippen LogP contribution in [0.4, 0.5) is 11.6 Å². The van der Waals surface area contributed by atoms with Gasteiger partial charge in [0.15, 0.2) is 5.82 Å². The molecule has 47 heavy (non-hydrogen) atoms. The van der Waals surface area contributed by atoms with Crippen LogP contribution in [-0.4, -0.2) is 24.9 Å². The minimum Gasteiger partial charge on any atom is -0.384 e. The molecule has 0 atom stereocenters. The quantitative estimate of drug-likeness (QED) is 0.188. The summed E-state index contributed by atoms with van der Waals surface area (Å²) >= 11 is 12.5. The van der Waals surface area contributed by atoms with Gasteiger partial charge < -0.3 is 5.73 Å². The first-order valence-corrected chi connectivity index (χ1v) is 15.7. The van der Waals surface area contributed by atoms with Crippen molar-refractivity contribution in [3.63, 3.8) is 0 Å². The van der Waals surface area contributed by atoms with Crippen LogP contribution in [0.3, 0.4) is 0 Å². The number of halogens is 2. The highest BCUT2D eigenvalue weighted by molar-refractivity contribution is 6.34. The smallest absolute Gasteiger partial charge is 0.155 e. The Hall–Kier alpha value is -5.69. The molecule has 0 fully saturated rings. The minimum absolute atomic E-state index is 0.577. The van der Waals surface area contributed by atoms with Crippen LogP contribution in [0.1, 0.15) is 11.1 Å². The van der Waals surface area contributed by atoms with E-state index in [1.165, 1.54) is 0 Å². The summed E-state index contributed by atoms with van der Waals surface area (Å²) in [5.74, 6) is 1.30. The SMILES string of the molecule is Clc1cnn2c(N=C(c3ccccc3)c3ccccc3)cc(-c3ccccc3)cc12.Nc1cc(-c2ccccc2)cc2c(Cl)cnn12. The molecule has 4 aromatic heterocycles. The zero-order chi connectivity index (χ0) is 32.2. The fourth-order valence-corrected chi connectivity index (χ4v) is 5.76. The largest absolute Gasteiger partial charge is 0.384 e. The molecule has 4 heterocycles. The van der Waals surface area contributed by atoms with E-state index in [0.717, 1.165) is 55.9 Å². The number of nitrogens with two attached hydrogens (primary N) is 1. The first-order valence-electron chi connectivity index (χ1n) is 15.0. The summed E-state index contributed by atoms with van der Waals surface area (Å²) in [4.78, 5) is 5.09. The number of fused-ring (bicyclic) bond motifs is 2. The molecule has 0 saturated carbocycles. The average molecular weight is 652 g/mol. The Bertz CT molecular complexity index is 2270. The van der Waals surface area contributed by atoms with Gasteiger partial charge in [0.05, 0.1) is 39.2 Å². The van der Waals surface area contributed by atoms with Gasteiger partial charge in [-0.2, -0.15) is 10.2 Å². The molecule has 8 rings (SSSR count). The summed E-state index contributed by atoms with van der Waals surface area (Å²) in [6.07, 6.45) is 3.26. The van der Waals surface area contributed by atoms with E-state index >= 15 is 0 Å². The molecule has 0 spiro atoms. The van der Waals surface area contributed by atoms with E-state index in [9.17, 15) is 0 Å². The van der Waals surface area contributed by atoms with Crippen molar-refractivity contribution in [2.75, 3.05) is 5.73 Å². The summed E-state index contributed by atoms with van der Waals surface area (Å²) < 4.78 is 3.43. The molecular weight excluding hydrogens is 623 g/mol. The monoisotopic (exact) mass is 650 g/mol. The van der Waals surface area contributed by atoms with E-state index < -0.39 is 0 Å². The molecule has 2 N–H and O–H groups in total. The van der Waals surface area contributed by atoms with Gasteiger partial charge in [-0.3, -0.25) is 0 Å². The molecule has 0 unspecified atom stereocenters. The summed E-state index contributed by atoms with van der Waals surface area (Å²) in [6.45, 7) is 0. The molecule has 0 bridgehead atoms. The number of nitrogen functional groups attached to an aromatic ring is 1. The van der Waals surface area contributed by atoms with Crippen LogP contribution in [0.25, 0.3) is 33.3 Å². The van der Waals surface area contributed by atoms with Crippen LogP contribution in [0.2, 0.25) is 10.0 Å². The zero-order valence-electron chi connectivity index (χ0n) is 25.1. The van der Waals surface area contributed by atoms with Crippen LogP contribution in [0, 0.1) is 0 Å². The Morgan fingerprint density at radius 1 is 0.511 bits per heavy atom. The number of pyridine rings is 2. The van der Waals surface area contributed by atoms with E-state index in [1.54, 1.807) is 21.4 Å². The second-order valence-electron chi connectivity index (χ2n) is 10.8. The molecule has 0 aliphatic rings. The molecule has 4 aromatic carbocycles. The fourth-order valence-electron chi connectivity index (χ4n) is 5.40. The number of nitrogens with zero attached hydrogens (tertiary/aromatic N) is 5. The van der Waals surface area contributed by atoms with Gasteiger partial charge in [-0.25, -0.2) is 14.0 Å². The molecule has 8 aromatic rings. The van der Waals surface area contributed by atoms with Crippen molar-refractivity contribution in [2.24, 2.45) is 4.99 Å². The van der Waals surface area contributed by atoms with Crippen LogP contribution < -0.4 is 5.73 Å². The summed E-state index contributed by atoms with van der Waals surface area (Å²) in [5, 5.41) is 9.79. The van der Waals surface area contributed by atoms with E-state index in [4.69, 9.17) is 33.9 Å². The predicted octanol–water partition coefficient (Wildman–Crippen LogP) is 10.1. The van der Waals surface area contributed by atoms with Gasteiger partial charge >= 0.3 is 0 Å². The molecule has 0 saturated heterocycles. The topological polar surface area (TPSA) is 73.0 Å². The zero-order valence-corrected chi connectivity index (χ0v) is 26.6. The first-order chi connectivity index (χ1) is 23.0. The van der Waals surface area contributed by atoms with Crippen LogP contribution >= 0.6 is 23.2 Å². The maximum absolute atomic E-state index is 6.44. The first kappa shape index (κ1) is 30.0. The molecule has 0 amide bonds. The average Bonchev–Trinajstić information content (AvgIpc) is 3.71. The van der Waals surface area contributed by atoms with Crippen molar-refractivity contribution >= 4 is 51.6 Å². The van der Waals surface area contributed by atoms with Crippen molar-refractivity contribution < 1.29 is 0 Å². The third-order valence-corrected chi connectivity index (χ3v) is 8.27. The molecule has 228 valence electrons. The second-order valence-corrected chi connectivity index (χ2v) is 11.6. The third kappa shape index (κ3) is 6.38. The maximum Gasteiger partial charge on any atom is 0.155 e. The Labute approximate surface area is 282 Å². The molecule has 0 radical (unpaired) electrons. The lowest BCUT2D eigenvalue weighted by molar-refractivity contribution is 0.958. The summed E-state index contributed by atoms with van der Waals surface area (Å²) in [7, 11) is 0. The van der Waals surface area contributed by atoms with Crippen molar-refractivity contribution in [2.45, 2.75) is 0 Å². The fraction of sp³-hybridized carbons (Fsp3) is 0. The van der Waals surface area contributed by atoms with Gasteiger partial charge in [0, 0.05) is 11.1 Å². The Morgan fingerprint density at radius 3 is 1.45 bits per heavy atom.